The lowest BCUT2D eigenvalue weighted by atomic mass is 9.89. The minimum Gasteiger partial charge on any atom is -0.335 e. The van der Waals surface area contributed by atoms with Crippen LogP contribution in [0.25, 0.3) is 0 Å². The predicted octanol–water partition coefficient (Wildman–Crippen LogP) is 3.25. The van der Waals surface area contributed by atoms with E-state index in [0.29, 0.717) is 26.2 Å². The highest BCUT2D eigenvalue weighted by atomic mass is 32.1. The van der Waals surface area contributed by atoms with Crippen molar-refractivity contribution >= 4 is 23.3 Å². The zero-order valence-corrected chi connectivity index (χ0v) is 15.9. The first-order chi connectivity index (χ1) is 13.0. The number of carbonyl (C=O) groups excluding carboxylic acids is 2. The van der Waals surface area contributed by atoms with Crippen molar-refractivity contribution in [1.82, 2.24) is 15.1 Å². The van der Waals surface area contributed by atoms with E-state index in [-0.39, 0.29) is 35.6 Å². The zero-order valence-electron chi connectivity index (χ0n) is 15.1. The smallest absolute Gasteiger partial charge is 0.317 e. The number of hydrogen-bond acceptors (Lipinski definition) is 3. The van der Waals surface area contributed by atoms with Gasteiger partial charge in [0.2, 0.25) is 5.91 Å². The Morgan fingerprint density at radius 1 is 1.22 bits per heavy atom. The van der Waals surface area contributed by atoms with Crippen molar-refractivity contribution in [2.24, 2.45) is 11.8 Å². The fourth-order valence-corrected chi connectivity index (χ4v) is 4.98. The monoisotopic (exact) mass is 387 g/mol. The molecule has 0 radical (unpaired) electrons. The SMILES string of the molecule is CC(=O)N1C[C@H]2CN(C(=O)NCc3cccs3)C[C@H]2[C@H]1c1cccc(F)c1. The van der Waals surface area contributed by atoms with Gasteiger partial charge in [-0.25, -0.2) is 9.18 Å². The standard InChI is InChI=1S/C20H22FN3O2S/c1-13(25)24-11-15-10-23(20(26)22-9-17-6-3-7-27-17)12-18(15)19(24)14-4-2-5-16(21)8-14/h2-8,15,18-19H,9-12H2,1H3,(H,22,26)/t15-,18-,19-/m1/s1. The van der Waals surface area contributed by atoms with Crippen molar-refractivity contribution < 1.29 is 14.0 Å². The van der Waals surface area contributed by atoms with Gasteiger partial charge in [0.1, 0.15) is 5.82 Å². The molecule has 2 aromatic rings. The Hall–Kier alpha value is -2.41. The molecule has 3 heterocycles. The minimum atomic E-state index is -0.303. The molecule has 1 aromatic carbocycles. The quantitative estimate of drug-likeness (QED) is 0.879. The van der Waals surface area contributed by atoms with Crippen LogP contribution in [0.2, 0.25) is 0 Å². The molecule has 4 rings (SSSR count). The van der Waals surface area contributed by atoms with Gasteiger partial charge in [-0.2, -0.15) is 0 Å². The van der Waals surface area contributed by atoms with Crippen LogP contribution in [0, 0.1) is 17.7 Å². The first-order valence-electron chi connectivity index (χ1n) is 9.11. The number of urea groups is 1. The van der Waals surface area contributed by atoms with Gasteiger partial charge in [-0.1, -0.05) is 18.2 Å². The summed E-state index contributed by atoms with van der Waals surface area (Å²) in [5.74, 6) is 0.0354. The molecule has 2 aliphatic rings. The molecule has 3 atom stereocenters. The van der Waals surface area contributed by atoms with Gasteiger partial charge in [-0.3, -0.25) is 4.79 Å². The van der Waals surface area contributed by atoms with E-state index >= 15 is 0 Å². The Bertz CT molecular complexity index is 842. The Morgan fingerprint density at radius 3 is 2.78 bits per heavy atom. The molecule has 5 nitrogen and oxygen atoms in total. The van der Waals surface area contributed by atoms with Crippen molar-refractivity contribution in [2.45, 2.75) is 19.5 Å². The minimum absolute atomic E-state index is 0.00708. The number of carbonyl (C=O) groups is 2. The number of halogens is 1. The Kier molecular flexibility index (Phi) is 4.86. The first-order valence-corrected chi connectivity index (χ1v) is 9.98. The highest BCUT2D eigenvalue weighted by molar-refractivity contribution is 7.09. The molecule has 2 aliphatic heterocycles. The zero-order chi connectivity index (χ0) is 19.0. The van der Waals surface area contributed by atoms with E-state index in [9.17, 15) is 14.0 Å². The normalized spacial score (nSPS) is 24.1. The number of nitrogens with one attached hydrogen (secondary N) is 1. The van der Waals surface area contributed by atoms with Gasteiger partial charge < -0.3 is 15.1 Å². The van der Waals surface area contributed by atoms with Crippen LogP contribution < -0.4 is 5.32 Å². The molecule has 2 saturated heterocycles. The van der Waals surface area contributed by atoms with Crippen LogP contribution in [-0.4, -0.2) is 41.4 Å². The number of thiophene rings is 1. The largest absolute Gasteiger partial charge is 0.335 e. The third-order valence-corrected chi connectivity index (χ3v) is 6.42. The maximum atomic E-state index is 13.8. The van der Waals surface area contributed by atoms with Crippen LogP contribution in [0.4, 0.5) is 9.18 Å². The third-order valence-electron chi connectivity index (χ3n) is 5.54. The van der Waals surface area contributed by atoms with E-state index in [1.54, 1.807) is 24.3 Å². The second kappa shape index (κ2) is 7.31. The first kappa shape index (κ1) is 18.0. The summed E-state index contributed by atoms with van der Waals surface area (Å²) in [4.78, 5) is 29.5. The topological polar surface area (TPSA) is 52.7 Å². The Morgan fingerprint density at radius 2 is 2.07 bits per heavy atom. The molecule has 142 valence electrons. The molecule has 0 aliphatic carbocycles. The lowest BCUT2D eigenvalue weighted by Crippen LogP contribution is -2.41. The average Bonchev–Trinajstić information content (AvgIpc) is 3.34. The van der Waals surface area contributed by atoms with Crippen molar-refractivity contribution in [2.75, 3.05) is 19.6 Å². The van der Waals surface area contributed by atoms with Gasteiger partial charge >= 0.3 is 6.03 Å². The lowest BCUT2D eigenvalue weighted by Gasteiger charge is -2.29. The van der Waals surface area contributed by atoms with Crippen LogP contribution in [-0.2, 0) is 11.3 Å². The number of likely N-dealkylation sites (tertiary alicyclic amines) is 2. The van der Waals surface area contributed by atoms with E-state index in [4.69, 9.17) is 0 Å². The van der Waals surface area contributed by atoms with E-state index in [2.05, 4.69) is 5.32 Å². The molecule has 3 amide bonds. The molecule has 2 fully saturated rings. The fraction of sp³-hybridized carbons (Fsp3) is 0.400. The van der Waals surface area contributed by atoms with Crippen molar-refractivity contribution in [1.29, 1.82) is 0 Å². The molecular weight excluding hydrogens is 365 g/mol. The number of fused-ring (bicyclic) bond motifs is 1. The molecule has 0 unspecified atom stereocenters. The van der Waals surface area contributed by atoms with E-state index in [1.165, 1.54) is 12.1 Å². The van der Waals surface area contributed by atoms with Crippen molar-refractivity contribution in [3.63, 3.8) is 0 Å². The Labute approximate surface area is 161 Å². The second-order valence-electron chi connectivity index (χ2n) is 7.24. The molecule has 27 heavy (non-hydrogen) atoms. The molecule has 0 saturated carbocycles. The van der Waals surface area contributed by atoms with Crippen LogP contribution in [0.3, 0.4) is 0 Å². The summed E-state index contributed by atoms with van der Waals surface area (Å²) in [5.41, 5.74) is 0.804. The average molecular weight is 387 g/mol. The summed E-state index contributed by atoms with van der Waals surface area (Å²) in [7, 11) is 0. The molecule has 0 bridgehead atoms. The highest BCUT2D eigenvalue weighted by Crippen LogP contribution is 2.45. The number of amides is 3. The second-order valence-corrected chi connectivity index (χ2v) is 8.27. The molecular formula is C20H22FN3O2S. The van der Waals surface area contributed by atoms with Gasteiger partial charge in [-0.05, 0) is 29.1 Å². The summed E-state index contributed by atoms with van der Waals surface area (Å²) >= 11 is 1.61. The summed E-state index contributed by atoms with van der Waals surface area (Å²) in [5, 5.41) is 4.96. The van der Waals surface area contributed by atoms with Gasteiger partial charge in [0.05, 0.1) is 12.6 Å². The molecule has 7 heteroatoms. The van der Waals surface area contributed by atoms with Crippen LogP contribution >= 0.6 is 11.3 Å². The number of nitrogens with zero attached hydrogens (tertiary/aromatic N) is 2. The maximum absolute atomic E-state index is 13.8. The van der Waals surface area contributed by atoms with E-state index < -0.39 is 0 Å². The summed E-state index contributed by atoms with van der Waals surface area (Å²) in [6, 6.07) is 10.2. The highest BCUT2D eigenvalue weighted by Gasteiger charge is 2.49. The third kappa shape index (κ3) is 3.56. The van der Waals surface area contributed by atoms with E-state index in [0.717, 1.165) is 10.4 Å². The maximum Gasteiger partial charge on any atom is 0.317 e. The lowest BCUT2D eigenvalue weighted by molar-refractivity contribution is -0.130. The fourth-order valence-electron chi connectivity index (χ4n) is 4.34. The van der Waals surface area contributed by atoms with Crippen LogP contribution in [0.15, 0.2) is 41.8 Å². The Balaban J connectivity index is 1.48. The number of benzene rings is 1. The van der Waals surface area contributed by atoms with Crippen LogP contribution in [0.1, 0.15) is 23.4 Å². The summed E-state index contributed by atoms with van der Waals surface area (Å²) in [6.07, 6.45) is 0. The molecule has 1 N–H and O–H groups in total. The van der Waals surface area contributed by atoms with Gasteiger partial charge in [0.25, 0.3) is 0 Å². The number of hydrogen-bond donors (Lipinski definition) is 1. The van der Waals surface area contributed by atoms with Gasteiger partial charge in [0, 0.05) is 43.3 Å². The van der Waals surface area contributed by atoms with Gasteiger partial charge in [0.15, 0.2) is 0 Å². The van der Waals surface area contributed by atoms with Gasteiger partial charge in [-0.15, -0.1) is 11.3 Å². The molecule has 0 spiro atoms. The summed E-state index contributed by atoms with van der Waals surface area (Å²) < 4.78 is 13.8. The number of rotatable bonds is 3. The molecule has 1 aromatic heterocycles. The van der Waals surface area contributed by atoms with Crippen molar-refractivity contribution in [3.8, 4) is 0 Å². The van der Waals surface area contributed by atoms with Crippen molar-refractivity contribution in [3.05, 3.63) is 58.0 Å². The van der Waals surface area contributed by atoms with Crippen LogP contribution in [0.5, 0.6) is 0 Å². The van der Waals surface area contributed by atoms with E-state index in [1.807, 2.05) is 33.4 Å². The summed E-state index contributed by atoms with van der Waals surface area (Å²) in [6.45, 7) is 3.88. The predicted molar refractivity (Wildman–Crippen MR) is 102 cm³/mol.